The minimum absolute atomic E-state index is 0.601. The first kappa shape index (κ1) is 20.9. The van der Waals surface area contributed by atoms with Crippen LogP contribution in [0.25, 0.3) is 0 Å². The summed E-state index contributed by atoms with van der Waals surface area (Å²) in [5.74, 6) is 0. The van der Waals surface area contributed by atoms with Crippen molar-refractivity contribution < 1.29 is 27.6 Å². The van der Waals surface area contributed by atoms with E-state index in [2.05, 4.69) is 0 Å². The van der Waals surface area contributed by atoms with Gasteiger partial charge in [-0.15, -0.1) is 0 Å². The van der Waals surface area contributed by atoms with Crippen LogP contribution in [-0.4, -0.2) is 22.1 Å². The first-order valence-corrected chi connectivity index (χ1v) is 9.93. The molecule has 0 aromatic rings. The first-order chi connectivity index (χ1) is 8.75. The van der Waals surface area contributed by atoms with E-state index < -0.39 is 37.3 Å². The van der Waals surface area contributed by atoms with Gasteiger partial charge in [0.1, 0.15) is 0 Å². The SMILES string of the molecule is CC(C)OP(=O)([O-])C(Cl)(Cl)P(=O)(OC(C)C)OC(C)C. The molecule has 0 amide bonds. The summed E-state index contributed by atoms with van der Waals surface area (Å²) in [6.45, 7) is 9.18. The fraction of sp³-hybridized carbons (Fsp3) is 1.00. The number of halogens is 2. The van der Waals surface area contributed by atoms with E-state index in [4.69, 9.17) is 36.8 Å². The summed E-state index contributed by atoms with van der Waals surface area (Å²) in [4.78, 5) is 12.1. The molecule has 0 bridgehead atoms. The highest BCUT2D eigenvalue weighted by molar-refractivity contribution is 7.79. The smallest absolute Gasteiger partial charge is 0.375 e. The van der Waals surface area contributed by atoms with Crippen molar-refractivity contribution in [3.8, 4) is 0 Å². The minimum atomic E-state index is -4.92. The molecule has 6 nitrogen and oxygen atoms in total. The van der Waals surface area contributed by atoms with Gasteiger partial charge in [-0.2, -0.15) is 0 Å². The average Bonchev–Trinajstić information content (AvgIpc) is 2.11. The van der Waals surface area contributed by atoms with E-state index in [0.717, 1.165) is 0 Å². The largest absolute Gasteiger partial charge is 0.776 e. The van der Waals surface area contributed by atoms with Crippen molar-refractivity contribution in [1.82, 2.24) is 0 Å². The molecule has 1 atom stereocenters. The first-order valence-electron chi connectivity index (χ1n) is 6.09. The Morgan fingerprint density at radius 3 is 1.40 bits per heavy atom. The van der Waals surface area contributed by atoms with Crippen molar-refractivity contribution in [2.75, 3.05) is 0 Å². The summed E-state index contributed by atoms with van der Waals surface area (Å²) in [6.07, 6.45) is -1.91. The van der Waals surface area contributed by atoms with Crippen LogP contribution in [-0.2, 0) is 22.7 Å². The molecule has 0 N–H and O–H groups in total. The zero-order chi connectivity index (χ0) is 16.4. The number of hydrogen-bond acceptors (Lipinski definition) is 6. The molecule has 0 spiro atoms. The molecule has 10 heteroatoms. The van der Waals surface area contributed by atoms with Gasteiger partial charge in [0.25, 0.3) is 3.82 Å². The topological polar surface area (TPSA) is 84.9 Å². The number of hydrogen-bond donors (Lipinski definition) is 0. The van der Waals surface area contributed by atoms with Gasteiger partial charge in [-0.25, -0.2) is 0 Å². The standard InChI is InChI=1S/C10H22Cl2O6P2/c1-7(2)16-19(13,14)10(11,12)20(15,17-8(3)4)18-9(5)6/h7-9H,1-6H3,(H,13,14)/p-1. The molecule has 0 radical (unpaired) electrons. The zero-order valence-corrected chi connectivity index (χ0v) is 15.6. The van der Waals surface area contributed by atoms with Crippen LogP contribution in [0.4, 0.5) is 0 Å². The summed E-state index contributed by atoms with van der Waals surface area (Å²) in [6, 6.07) is 0. The number of rotatable bonds is 8. The van der Waals surface area contributed by atoms with E-state index in [-0.39, 0.29) is 0 Å². The lowest BCUT2D eigenvalue weighted by atomic mass is 10.5. The second-order valence-electron chi connectivity index (χ2n) is 4.97. The van der Waals surface area contributed by atoms with Crippen LogP contribution in [0, 0.1) is 0 Å². The Hall–Kier alpha value is 0.880. The van der Waals surface area contributed by atoms with E-state index in [0.29, 0.717) is 0 Å². The molecule has 1 unspecified atom stereocenters. The maximum absolute atomic E-state index is 12.7. The third-order valence-electron chi connectivity index (χ3n) is 1.71. The van der Waals surface area contributed by atoms with Crippen LogP contribution in [0.3, 0.4) is 0 Å². The molecule has 122 valence electrons. The molecule has 20 heavy (non-hydrogen) atoms. The van der Waals surface area contributed by atoms with Gasteiger partial charge in [-0.05, 0) is 41.5 Å². The quantitative estimate of drug-likeness (QED) is 0.473. The minimum Gasteiger partial charge on any atom is -0.776 e. The highest BCUT2D eigenvalue weighted by Gasteiger charge is 2.58. The Morgan fingerprint density at radius 2 is 1.15 bits per heavy atom. The van der Waals surface area contributed by atoms with Crippen molar-refractivity contribution >= 4 is 38.4 Å². The number of alkyl halides is 2. The molecule has 0 fully saturated rings. The van der Waals surface area contributed by atoms with Crippen LogP contribution < -0.4 is 4.89 Å². The maximum Gasteiger partial charge on any atom is 0.375 e. The highest BCUT2D eigenvalue weighted by atomic mass is 35.5. The summed E-state index contributed by atoms with van der Waals surface area (Å²) in [7, 11) is -9.30. The van der Waals surface area contributed by atoms with Crippen molar-refractivity contribution in [1.29, 1.82) is 0 Å². The predicted octanol–water partition coefficient (Wildman–Crippen LogP) is 4.10. The molecular formula is C10H21Cl2O6P2-. The van der Waals surface area contributed by atoms with E-state index in [1.165, 1.54) is 13.8 Å². The van der Waals surface area contributed by atoms with Gasteiger partial charge < -0.3 is 23.0 Å². The third-order valence-corrected chi connectivity index (χ3v) is 9.08. The summed E-state index contributed by atoms with van der Waals surface area (Å²) in [5, 5.41) is 0. The van der Waals surface area contributed by atoms with Gasteiger partial charge in [0, 0.05) is 0 Å². The fourth-order valence-electron chi connectivity index (χ4n) is 1.20. The van der Waals surface area contributed by atoms with Crippen LogP contribution in [0.2, 0.25) is 0 Å². The van der Waals surface area contributed by atoms with E-state index in [1.54, 1.807) is 27.7 Å². The normalized spacial score (nSPS) is 17.0. The molecule has 0 rings (SSSR count). The van der Waals surface area contributed by atoms with E-state index in [1.807, 2.05) is 0 Å². The Kier molecular flexibility index (Phi) is 7.76. The Labute approximate surface area is 130 Å². The molecule has 0 saturated carbocycles. The molecule has 0 aliphatic rings. The predicted molar refractivity (Wildman–Crippen MR) is 78.3 cm³/mol. The molecule has 0 aliphatic carbocycles. The second-order valence-corrected chi connectivity index (χ2v) is 11.7. The van der Waals surface area contributed by atoms with Gasteiger partial charge in [0.05, 0.1) is 18.3 Å². The van der Waals surface area contributed by atoms with Crippen molar-refractivity contribution in [3.05, 3.63) is 0 Å². The fourth-order valence-corrected chi connectivity index (χ4v) is 5.63. The molecular weight excluding hydrogens is 349 g/mol. The molecule has 0 aromatic heterocycles. The van der Waals surface area contributed by atoms with Crippen LogP contribution in [0.1, 0.15) is 41.5 Å². The lowest BCUT2D eigenvalue weighted by molar-refractivity contribution is -0.202. The van der Waals surface area contributed by atoms with Crippen LogP contribution in [0.15, 0.2) is 0 Å². The average molecular weight is 370 g/mol. The van der Waals surface area contributed by atoms with Gasteiger partial charge >= 0.3 is 7.60 Å². The Balaban J connectivity index is 5.65. The highest BCUT2D eigenvalue weighted by Crippen LogP contribution is 2.79. The summed E-state index contributed by atoms with van der Waals surface area (Å²) in [5.41, 5.74) is 0. The van der Waals surface area contributed by atoms with Crippen molar-refractivity contribution in [2.45, 2.75) is 63.7 Å². The molecule has 0 saturated heterocycles. The van der Waals surface area contributed by atoms with Crippen molar-refractivity contribution in [2.24, 2.45) is 0 Å². The second kappa shape index (κ2) is 7.43. The van der Waals surface area contributed by atoms with Crippen molar-refractivity contribution in [3.63, 3.8) is 0 Å². The van der Waals surface area contributed by atoms with Gasteiger partial charge in [0.15, 0.2) is 7.60 Å². The Morgan fingerprint density at radius 1 is 0.850 bits per heavy atom. The van der Waals surface area contributed by atoms with E-state index in [9.17, 15) is 14.0 Å². The van der Waals surface area contributed by atoms with Gasteiger partial charge in [-0.1, -0.05) is 23.2 Å². The van der Waals surface area contributed by atoms with Gasteiger partial charge in [-0.3, -0.25) is 4.57 Å². The molecule has 0 aromatic carbocycles. The van der Waals surface area contributed by atoms with Crippen LogP contribution >= 0.6 is 38.4 Å². The molecule has 0 aliphatic heterocycles. The van der Waals surface area contributed by atoms with E-state index >= 15 is 0 Å². The zero-order valence-electron chi connectivity index (χ0n) is 12.3. The third kappa shape index (κ3) is 5.26. The molecule has 0 heterocycles. The van der Waals surface area contributed by atoms with Gasteiger partial charge in [0.2, 0.25) is 0 Å². The van der Waals surface area contributed by atoms with Crippen LogP contribution in [0.5, 0.6) is 0 Å². The monoisotopic (exact) mass is 369 g/mol. The maximum atomic E-state index is 12.7. The summed E-state index contributed by atoms with van der Waals surface area (Å²) < 4.78 is 36.9. The lowest BCUT2D eigenvalue weighted by Gasteiger charge is -2.40. The Bertz CT molecular complexity index is 397. The summed E-state index contributed by atoms with van der Waals surface area (Å²) >= 11 is 11.6. The lowest BCUT2D eigenvalue weighted by Crippen LogP contribution is -2.29.